The zero-order chi connectivity index (χ0) is 13.5. The van der Waals surface area contributed by atoms with Crippen LogP contribution in [0.5, 0.6) is 0 Å². The molecule has 1 aliphatic carbocycles. The first-order chi connectivity index (χ1) is 8.52. The number of hydrogen-bond acceptors (Lipinski definition) is 2. The molecule has 18 heavy (non-hydrogen) atoms. The number of nitrogens with zero attached hydrogens (tertiary/aromatic N) is 2. The van der Waals surface area contributed by atoms with E-state index in [-0.39, 0.29) is 0 Å². The highest BCUT2D eigenvalue weighted by Gasteiger charge is 2.17. The Morgan fingerprint density at radius 3 is 2.17 bits per heavy atom. The summed E-state index contributed by atoms with van der Waals surface area (Å²) >= 11 is 0. The van der Waals surface area contributed by atoms with E-state index in [2.05, 4.69) is 37.6 Å². The first-order valence-corrected chi connectivity index (χ1v) is 7.58. The summed E-state index contributed by atoms with van der Waals surface area (Å²) in [6.45, 7) is 10.8. The van der Waals surface area contributed by atoms with Crippen LogP contribution in [0.25, 0.3) is 0 Å². The van der Waals surface area contributed by atoms with Gasteiger partial charge in [-0.3, -0.25) is 9.89 Å². The monoisotopic (exact) mass is 253 g/mol. The molecule has 0 radical (unpaired) electrons. The third-order valence-corrected chi connectivity index (χ3v) is 4.00. The molecule has 0 aromatic rings. The van der Waals surface area contributed by atoms with E-state index in [9.17, 15) is 0 Å². The molecule has 0 aromatic heterocycles. The predicted molar refractivity (Wildman–Crippen MR) is 80.0 cm³/mol. The first-order valence-electron chi connectivity index (χ1n) is 7.58. The molecule has 3 nitrogen and oxygen atoms in total. The molecule has 1 saturated carbocycles. The first kappa shape index (κ1) is 15.5. The fourth-order valence-electron chi connectivity index (χ4n) is 2.93. The fourth-order valence-corrected chi connectivity index (χ4v) is 2.93. The van der Waals surface area contributed by atoms with Gasteiger partial charge in [-0.25, -0.2) is 0 Å². The molecule has 1 fully saturated rings. The number of aliphatic imine (C=N–C) groups is 1. The number of amidine groups is 1. The van der Waals surface area contributed by atoms with Crippen molar-refractivity contribution < 1.29 is 0 Å². The molecule has 1 rings (SSSR count). The van der Waals surface area contributed by atoms with Crippen LogP contribution in [-0.2, 0) is 0 Å². The topological polar surface area (TPSA) is 41.6 Å². The van der Waals surface area contributed by atoms with Gasteiger partial charge in [0.05, 0.1) is 12.4 Å². The van der Waals surface area contributed by atoms with Crippen molar-refractivity contribution in [2.45, 2.75) is 71.9 Å². The zero-order valence-electron chi connectivity index (χ0n) is 12.7. The predicted octanol–water partition coefficient (Wildman–Crippen LogP) is 3.04. The van der Waals surface area contributed by atoms with E-state index < -0.39 is 0 Å². The number of rotatable bonds is 6. The SMILES string of the molecule is CC(C)N(CCN=C(N)C1CCCCC1)C(C)C. The van der Waals surface area contributed by atoms with Gasteiger partial charge in [0, 0.05) is 24.5 Å². The summed E-state index contributed by atoms with van der Waals surface area (Å²) in [5.74, 6) is 1.47. The molecule has 0 amide bonds. The molecule has 0 aromatic carbocycles. The van der Waals surface area contributed by atoms with Gasteiger partial charge in [-0.1, -0.05) is 19.3 Å². The van der Waals surface area contributed by atoms with E-state index in [1.165, 1.54) is 32.1 Å². The Morgan fingerprint density at radius 2 is 1.67 bits per heavy atom. The van der Waals surface area contributed by atoms with Crippen LogP contribution in [0.4, 0.5) is 0 Å². The molecule has 0 spiro atoms. The zero-order valence-corrected chi connectivity index (χ0v) is 12.7. The van der Waals surface area contributed by atoms with Crippen LogP contribution in [-0.4, -0.2) is 35.9 Å². The Bertz CT molecular complexity index is 244. The van der Waals surface area contributed by atoms with Crippen LogP contribution in [0.2, 0.25) is 0 Å². The Hall–Kier alpha value is -0.570. The van der Waals surface area contributed by atoms with Crippen LogP contribution >= 0.6 is 0 Å². The minimum absolute atomic E-state index is 0.560. The lowest BCUT2D eigenvalue weighted by Gasteiger charge is -2.30. The summed E-state index contributed by atoms with van der Waals surface area (Å²) in [6, 6.07) is 1.16. The molecular weight excluding hydrogens is 222 g/mol. The number of hydrogen-bond donors (Lipinski definition) is 1. The van der Waals surface area contributed by atoms with Crippen LogP contribution in [0.1, 0.15) is 59.8 Å². The van der Waals surface area contributed by atoms with Crippen molar-refractivity contribution in [3.05, 3.63) is 0 Å². The van der Waals surface area contributed by atoms with Crippen molar-refractivity contribution in [3.8, 4) is 0 Å². The molecule has 2 N–H and O–H groups in total. The maximum Gasteiger partial charge on any atom is 0.0968 e. The Morgan fingerprint density at radius 1 is 1.11 bits per heavy atom. The summed E-state index contributed by atoms with van der Waals surface area (Å²) in [5, 5.41) is 0. The van der Waals surface area contributed by atoms with Gasteiger partial charge in [0.25, 0.3) is 0 Å². The van der Waals surface area contributed by atoms with Gasteiger partial charge in [-0.2, -0.15) is 0 Å². The largest absolute Gasteiger partial charge is 0.387 e. The smallest absolute Gasteiger partial charge is 0.0968 e. The van der Waals surface area contributed by atoms with Gasteiger partial charge in [0.15, 0.2) is 0 Å². The summed E-state index contributed by atoms with van der Waals surface area (Å²) in [7, 11) is 0. The summed E-state index contributed by atoms with van der Waals surface area (Å²) in [4.78, 5) is 7.08. The van der Waals surface area contributed by atoms with E-state index in [4.69, 9.17) is 5.73 Å². The Labute approximate surface area is 113 Å². The van der Waals surface area contributed by atoms with Gasteiger partial charge in [-0.15, -0.1) is 0 Å². The minimum Gasteiger partial charge on any atom is -0.387 e. The molecule has 0 bridgehead atoms. The highest BCUT2D eigenvalue weighted by atomic mass is 15.2. The van der Waals surface area contributed by atoms with E-state index in [1.807, 2.05) is 0 Å². The standard InChI is InChI=1S/C15H31N3/c1-12(2)18(13(3)4)11-10-17-15(16)14-8-6-5-7-9-14/h12-14H,5-11H2,1-4H3,(H2,16,17). The minimum atomic E-state index is 0.560. The van der Waals surface area contributed by atoms with Gasteiger partial charge in [0.1, 0.15) is 0 Å². The summed E-state index contributed by atoms with van der Waals surface area (Å²) < 4.78 is 0. The second-order valence-electron chi connectivity index (χ2n) is 6.07. The molecule has 106 valence electrons. The summed E-state index contributed by atoms with van der Waals surface area (Å²) in [6.07, 6.45) is 6.51. The second-order valence-corrected chi connectivity index (χ2v) is 6.07. The van der Waals surface area contributed by atoms with Crippen LogP contribution in [0.3, 0.4) is 0 Å². The maximum atomic E-state index is 6.12. The third-order valence-electron chi connectivity index (χ3n) is 4.00. The lowest BCUT2D eigenvalue weighted by atomic mass is 9.88. The fraction of sp³-hybridized carbons (Fsp3) is 0.933. The molecule has 0 atom stereocenters. The Kier molecular flexibility index (Phi) is 6.69. The molecule has 0 unspecified atom stereocenters. The van der Waals surface area contributed by atoms with Crippen molar-refractivity contribution >= 4 is 5.84 Å². The third kappa shape index (κ3) is 4.97. The molecule has 0 aliphatic heterocycles. The van der Waals surface area contributed by atoms with Gasteiger partial charge >= 0.3 is 0 Å². The highest BCUT2D eigenvalue weighted by molar-refractivity contribution is 5.82. The van der Waals surface area contributed by atoms with Crippen LogP contribution in [0, 0.1) is 5.92 Å². The molecule has 3 heteroatoms. The van der Waals surface area contributed by atoms with Gasteiger partial charge < -0.3 is 5.73 Å². The average molecular weight is 253 g/mol. The lowest BCUT2D eigenvalue weighted by Crippen LogP contribution is -2.39. The van der Waals surface area contributed by atoms with Gasteiger partial charge in [0.2, 0.25) is 0 Å². The van der Waals surface area contributed by atoms with E-state index >= 15 is 0 Å². The van der Waals surface area contributed by atoms with E-state index in [1.54, 1.807) is 0 Å². The molecule has 0 saturated heterocycles. The van der Waals surface area contributed by atoms with E-state index in [0.717, 1.165) is 18.9 Å². The molecule has 0 heterocycles. The van der Waals surface area contributed by atoms with Crippen molar-refractivity contribution in [1.82, 2.24) is 4.90 Å². The number of nitrogens with two attached hydrogens (primary N) is 1. The molecular formula is C15H31N3. The lowest BCUT2D eigenvalue weighted by molar-refractivity contribution is 0.181. The maximum absolute atomic E-state index is 6.12. The van der Waals surface area contributed by atoms with Crippen molar-refractivity contribution in [2.75, 3.05) is 13.1 Å². The second kappa shape index (κ2) is 7.78. The van der Waals surface area contributed by atoms with Crippen molar-refractivity contribution in [3.63, 3.8) is 0 Å². The van der Waals surface area contributed by atoms with E-state index in [0.29, 0.717) is 18.0 Å². The van der Waals surface area contributed by atoms with Gasteiger partial charge in [-0.05, 0) is 40.5 Å². The Balaban J connectivity index is 2.37. The highest BCUT2D eigenvalue weighted by Crippen LogP contribution is 2.23. The van der Waals surface area contributed by atoms with Crippen molar-refractivity contribution in [1.29, 1.82) is 0 Å². The van der Waals surface area contributed by atoms with Crippen LogP contribution < -0.4 is 5.73 Å². The summed E-state index contributed by atoms with van der Waals surface area (Å²) in [5.41, 5.74) is 6.12. The normalized spacial score (nSPS) is 19.2. The van der Waals surface area contributed by atoms with Crippen molar-refractivity contribution in [2.24, 2.45) is 16.6 Å². The quantitative estimate of drug-likeness (QED) is 0.584. The average Bonchev–Trinajstić information content (AvgIpc) is 2.34. The molecule has 1 aliphatic rings. The van der Waals surface area contributed by atoms with Crippen LogP contribution in [0.15, 0.2) is 4.99 Å².